The molecule has 0 atom stereocenters. The molecule has 0 saturated heterocycles. The van der Waals surface area contributed by atoms with Crippen molar-refractivity contribution < 1.29 is 43.2 Å². The van der Waals surface area contributed by atoms with Crippen LogP contribution < -0.4 is 0 Å². The van der Waals surface area contributed by atoms with E-state index in [0.717, 1.165) is 0 Å². The van der Waals surface area contributed by atoms with E-state index >= 15 is 0 Å². The molecule has 102 valence electrons. The molecule has 3 N–H and O–H groups in total. The van der Waals surface area contributed by atoms with E-state index in [-0.39, 0.29) is 0 Å². The molecule has 0 spiro atoms. The number of hydrogen-bond acceptors (Lipinski definition) is 8. The van der Waals surface area contributed by atoms with Crippen LogP contribution in [0.1, 0.15) is 6.92 Å². The number of ether oxygens (including phenoxy) is 1. The standard InChI is InChI=1S/C7H12F2O7S/c1-6(2-10,3-11)4-14-5(12)7(8,9)17-16-15-13/h10-11,13H,2-4H2,1H3. The summed E-state index contributed by atoms with van der Waals surface area (Å²) in [4.78, 5) is 10.9. The summed E-state index contributed by atoms with van der Waals surface area (Å²) < 4.78 is 33.3. The first kappa shape index (κ1) is 16.5. The summed E-state index contributed by atoms with van der Waals surface area (Å²) in [6.45, 7) is -0.370. The average Bonchev–Trinajstić information content (AvgIpc) is 2.33. The molecule has 0 amide bonds. The maximum Gasteiger partial charge on any atom is 0.415 e. The molecule has 0 heterocycles. The number of hydrogen-bond donors (Lipinski definition) is 3. The number of aliphatic hydroxyl groups is 2. The molecule has 17 heavy (non-hydrogen) atoms. The second-order valence-electron chi connectivity index (χ2n) is 3.45. The average molecular weight is 278 g/mol. The Balaban J connectivity index is 4.25. The van der Waals surface area contributed by atoms with Gasteiger partial charge in [-0.05, 0) is 0 Å². The number of esters is 1. The molecule has 0 rings (SSSR count). The highest BCUT2D eigenvalue weighted by Gasteiger charge is 2.45. The predicted molar refractivity (Wildman–Crippen MR) is 50.6 cm³/mol. The second kappa shape index (κ2) is 7.03. The van der Waals surface area contributed by atoms with E-state index < -0.39 is 48.5 Å². The lowest BCUT2D eigenvalue weighted by atomic mass is 9.95. The highest BCUT2D eigenvalue weighted by Crippen LogP contribution is 2.31. The molecular weight excluding hydrogens is 266 g/mol. The summed E-state index contributed by atoms with van der Waals surface area (Å²) in [5.41, 5.74) is -1.22. The van der Waals surface area contributed by atoms with E-state index in [1.54, 1.807) is 0 Å². The Morgan fingerprint density at radius 2 is 1.88 bits per heavy atom. The van der Waals surface area contributed by atoms with Gasteiger partial charge in [-0.2, -0.15) is 8.78 Å². The molecular formula is C7H12F2O7S. The zero-order valence-electron chi connectivity index (χ0n) is 8.76. The van der Waals surface area contributed by atoms with Crippen LogP contribution in [0.2, 0.25) is 0 Å². The predicted octanol–water partition coefficient (Wildman–Crippen LogP) is 0.183. The minimum atomic E-state index is -4.09. The van der Waals surface area contributed by atoms with E-state index in [2.05, 4.69) is 14.1 Å². The first-order chi connectivity index (χ1) is 7.81. The van der Waals surface area contributed by atoms with Crippen LogP contribution >= 0.6 is 12.0 Å². The largest absolute Gasteiger partial charge is 0.460 e. The van der Waals surface area contributed by atoms with E-state index in [1.807, 2.05) is 0 Å². The third kappa shape index (κ3) is 5.57. The quantitative estimate of drug-likeness (QED) is 0.250. The minimum absolute atomic E-state index is 0.550. The molecule has 0 aromatic carbocycles. The fourth-order valence-corrected chi connectivity index (χ4v) is 0.800. The summed E-state index contributed by atoms with van der Waals surface area (Å²) in [5, 5.41) is 24.1. The van der Waals surface area contributed by atoms with Gasteiger partial charge in [-0.25, -0.2) is 10.1 Å². The summed E-state index contributed by atoms with van der Waals surface area (Å²) >= 11 is -0.753. The minimum Gasteiger partial charge on any atom is -0.460 e. The normalized spacial score (nSPS) is 12.6. The number of aliphatic hydroxyl groups excluding tert-OH is 2. The number of carbonyl (C=O) groups is 1. The van der Waals surface area contributed by atoms with Crippen molar-refractivity contribution >= 4 is 18.0 Å². The van der Waals surface area contributed by atoms with Crippen molar-refractivity contribution in [2.75, 3.05) is 19.8 Å². The fourth-order valence-electron chi connectivity index (χ4n) is 0.557. The lowest BCUT2D eigenvalue weighted by molar-refractivity contribution is -0.433. The zero-order chi connectivity index (χ0) is 13.5. The Morgan fingerprint density at radius 1 is 1.35 bits per heavy atom. The Labute approximate surface area is 99.3 Å². The van der Waals surface area contributed by atoms with Crippen LogP contribution in [0.5, 0.6) is 0 Å². The van der Waals surface area contributed by atoms with Crippen molar-refractivity contribution in [1.82, 2.24) is 0 Å². The van der Waals surface area contributed by atoms with Crippen LogP contribution in [0.15, 0.2) is 0 Å². The van der Waals surface area contributed by atoms with Gasteiger partial charge < -0.3 is 14.9 Å². The first-order valence-electron chi connectivity index (χ1n) is 4.24. The molecule has 0 aliphatic carbocycles. The summed E-state index contributed by atoms with van der Waals surface area (Å²) in [7, 11) is 0. The first-order valence-corrected chi connectivity index (χ1v) is 4.98. The van der Waals surface area contributed by atoms with Gasteiger partial charge in [0.1, 0.15) is 18.6 Å². The molecule has 0 aromatic rings. The Morgan fingerprint density at radius 3 is 2.29 bits per heavy atom. The summed E-state index contributed by atoms with van der Waals surface area (Å²) in [6.07, 6.45) is 0. The number of halogens is 2. The topological polar surface area (TPSA) is 105 Å². The van der Waals surface area contributed by atoms with Gasteiger partial charge in [0.25, 0.3) is 0 Å². The molecule has 0 aliphatic heterocycles. The van der Waals surface area contributed by atoms with Gasteiger partial charge in [0.05, 0.1) is 13.2 Å². The van der Waals surface area contributed by atoms with E-state index in [1.165, 1.54) is 6.92 Å². The lowest BCUT2D eigenvalue weighted by Gasteiger charge is -2.24. The SMILES string of the molecule is CC(CO)(CO)COC(=O)C(F)(F)SOOO. The van der Waals surface area contributed by atoms with Crippen molar-refractivity contribution in [2.45, 2.75) is 12.2 Å². The van der Waals surface area contributed by atoms with Crippen molar-refractivity contribution in [3.63, 3.8) is 0 Å². The highest BCUT2D eigenvalue weighted by atomic mass is 32.2. The van der Waals surface area contributed by atoms with Crippen molar-refractivity contribution in [3.8, 4) is 0 Å². The number of rotatable bonds is 8. The van der Waals surface area contributed by atoms with Crippen molar-refractivity contribution in [3.05, 3.63) is 0 Å². The molecule has 0 unspecified atom stereocenters. The Bertz CT molecular complexity index is 246. The van der Waals surface area contributed by atoms with Gasteiger partial charge in [-0.3, -0.25) is 0 Å². The van der Waals surface area contributed by atoms with E-state index in [4.69, 9.17) is 15.5 Å². The molecule has 0 bridgehead atoms. The van der Waals surface area contributed by atoms with Crippen molar-refractivity contribution in [2.24, 2.45) is 5.41 Å². The fraction of sp³-hybridized carbons (Fsp3) is 0.857. The molecule has 0 radical (unpaired) electrons. The second-order valence-corrected chi connectivity index (χ2v) is 4.26. The van der Waals surface area contributed by atoms with E-state index in [9.17, 15) is 13.6 Å². The van der Waals surface area contributed by atoms with Gasteiger partial charge in [-0.1, -0.05) is 12.0 Å². The third-order valence-corrected chi connectivity index (χ3v) is 2.23. The van der Waals surface area contributed by atoms with Crippen LogP contribution in [0.4, 0.5) is 8.78 Å². The van der Waals surface area contributed by atoms with Crippen LogP contribution in [-0.4, -0.2) is 46.5 Å². The summed E-state index contributed by atoms with van der Waals surface area (Å²) in [6, 6.07) is 0. The van der Waals surface area contributed by atoms with Crippen LogP contribution in [-0.2, 0) is 18.9 Å². The van der Waals surface area contributed by atoms with Gasteiger partial charge in [0.15, 0.2) is 0 Å². The number of alkyl halides is 2. The molecule has 7 nitrogen and oxygen atoms in total. The zero-order valence-corrected chi connectivity index (χ0v) is 9.58. The highest BCUT2D eigenvalue weighted by molar-refractivity contribution is 7.96. The Hall–Kier alpha value is -0.520. The van der Waals surface area contributed by atoms with Gasteiger partial charge in [-0.15, -0.1) is 4.33 Å². The maximum absolute atomic E-state index is 12.8. The van der Waals surface area contributed by atoms with Gasteiger partial charge in [0, 0.05) is 5.41 Å². The number of carbonyl (C=O) groups excluding carboxylic acids is 1. The van der Waals surface area contributed by atoms with Gasteiger partial charge >= 0.3 is 11.2 Å². The third-order valence-electron chi connectivity index (χ3n) is 1.72. The van der Waals surface area contributed by atoms with Crippen LogP contribution in [0, 0.1) is 5.41 Å². The molecule has 0 aromatic heterocycles. The van der Waals surface area contributed by atoms with Crippen LogP contribution in [0.25, 0.3) is 0 Å². The molecule has 0 saturated carbocycles. The van der Waals surface area contributed by atoms with Crippen LogP contribution in [0.3, 0.4) is 0 Å². The smallest absolute Gasteiger partial charge is 0.415 e. The van der Waals surface area contributed by atoms with Crippen molar-refractivity contribution in [1.29, 1.82) is 0 Å². The van der Waals surface area contributed by atoms with E-state index in [0.29, 0.717) is 0 Å². The van der Waals surface area contributed by atoms with Gasteiger partial charge in [0.2, 0.25) is 0 Å². The summed E-state index contributed by atoms with van der Waals surface area (Å²) in [5.74, 6) is -1.95. The molecule has 0 fully saturated rings. The molecule has 0 aliphatic rings. The maximum atomic E-state index is 12.8. The molecule has 10 heteroatoms. The lowest BCUT2D eigenvalue weighted by Crippen LogP contribution is -2.36. The Kier molecular flexibility index (Phi) is 6.82. The monoisotopic (exact) mass is 278 g/mol.